The lowest BCUT2D eigenvalue weighted by atomic mass is 10.0. The van der Waals surface area contributed by atoms with Gasteiger partial charge >= 0.3 is 0 Å². The zero-order valence-corrected chi connectivity index (χ0v) is 13.6. The highest BCUT2D eigenvalue weighted by atomic mass is 35.5. The quantitative estimate of drug-likeness (QED) is 0.875. The summed E-state index contributed by atoms with van der Waals surface area (Å²) in [6, 6.07) is 5.38. The molecule has 4 nitrogen and oxygen atoms in total. The van der Waals surface area contributed by atoms with Crippen LogP contribution in [-0.4, -0.2) is 61.3 Å². The second-order valence-electron chi connectivity index (χ2n) is 5.47. The number of ether oxygens (including phenoxy) is 1. The fraction of sp³-hybridized carbons (Fsp3) is 0.625. The molecule has 0 radical (unpaired) electrons. The van der Waals surface area contributed by atoms with Gasteiger partial charge in [-0.05, 0) is 31.2 Å². The summed E-state index contributed by atoms with van der Waals surface area (Å²) in [5.41, 5.74) is 0.775. The molecule has 118 valence electrons. The number of hydrogen-bond donors (Lipinski definition) is 1. The van der Waals surface area contributed by atoms with Gasteiger partial charge in [0.2, 0.25) is 0 Å². The van der Waals surface area contributed by atoms with Gasteiger partial charge in [-0.25, -0.2) is 0 Å². The topological polar surface area (TPSA) is 35.9 Å². The molecule has 1 aromatic rings. The Labute approximate surface area is 132 Å². The van der Waals surface area contributed by atoms with Crippen LogP contribution >= 0.6 is 11.6 Å². The van der Waals surface area contributed by atoms with Crippen LogP contribution in [0.3, 0.4) is 0 Å². The first kappa shape index (κ1) is 16.6. The second kappa shape index (κ2) is 7.99. The van der Waals surface area contributed by atoms with E-state index < -0.39 is 6.10 Å². The fourth-order valence-corrected chi connectivity index (χ4v) is 2.94. The van der Waals surface area contributed by atoms with Crippen molar-refractivity contribution in [1.29, 1.82) is 0 Å². The fourth-order valence-electron chi connectivity index (χ4n) is 2.76. The molecule has 2 rings (SSSR count). The van der Waals surface area contributed by atoms with E-state index in [1.165, 1.54) is 0 Å². The van der Waals surface area contributed by atoms with Gasteiger partial charge in [-0.1, -0.05) is 18.5 Å². The molecule has 0 aromatic heterocycles. The minimum atomic E-state index is -0.539. The highest BCUT2D eigenvalue weighted by Gasteiger charge is 2.18. The van der Waals surface area contributed by atoms with Crippen LogP contribution < -0.4 is 4.74 Å². The molecule has 1 saturated heterocycles. The summed E-state index contributed by atoms with van der Waals surface area (Å²) in [6.45, 7) is 8.61. The van der Waals surface area contributed by atoms with Crippen molar-refractivity contribution in [3.8, 4) is 5.75 Å². The van der Waals surface area contributed by atoms with Crippen molar-refractivity contribution in [3.05, 3.63) is 28.8 Å². The van der Waals surface area contributed by atoms with Crippen LogP contribution in [0.1, 0.15) is 25.0 Å². The number of hydrogen-bond acceptors (Lipinski definition) is 4. The molecule has 1 fully saturated rings. The van der Waals surface area contributed by atoms with Crippen molar-refractivity contribution < 1.29 is 9.84 Å². The first-order valence-electron chi connectivity index (χ1n) is 7.60. The van der Waals surface area contributed by atoms with E-state index >= 15 is 0 Å². The highest BCUT2D eigenvalue weighted by Crippen LogP contribution is 2.30. The van der Waals surface area contributed by atoms with Gasteiger partial charge < -0.3 is 19.6 Å². The largest absolute Gasteiger partial charge is 0.496 e. The average molecular weight is 313 g/mol. The summed E-state index contributed by atoms with van der Waals surface area (Å²) in [7, 11) is 1.61. The molecule has 1 unspecified atom stereocenters. The van der Waals surface area contributed by atoms with Crippen molar-refractivity contribution in [1.82, 2.24) is 9.80 Å². The molecule has 5 heteroatoms. The van der Waals surface area contributed by atoms with Crippen LogP contribution in [-0.2, 0) is 0 Å². The third-order valence-electron chi connectivity index (χ3n) is 4.18. The first-order chi connectivity index (χ1) is 10.1. The van der Waals surface area contributed by atoms with Crippen LogP contribution in [0.25, 0.3) is 0 Å². The number of rotatable bonds is 6. The molecular formula is C16H25ClN2O2. The molecule has 1 heterocycles. The van der Waals surface area contributed by atoms with Gasteiger partial charge in [0.15, 0.2) is 0 Å². The van der Waals surface area contributed by atoms with Gasteiger partial charge in [-0.2, -0.15) is 0 Å². The summed E-state index contributed by atoms with van der Waals surface area (Å²) in [4.78, 5) is 4.86. The van der Waals surface area contributed by atoms with E-state index in [1.807, 2.05) is 0 Å². The van der Waals surface area contributed by atoms with Gasteiger partial charge in [0, 0.05) is 43.3 Å². The Balaban J connectivity index is 1.87. The maximum atomic E-state index is 10.4. The zero-order chi connectivity index (χ0) is 15.2. The summed E-state index contributed by atoms with van der Waals surface area (Å²) in [5, 5.41) is 11.0. The normalized spacial score (nSPS) is 18.7. The molecule has 0 saturated carbocycles. The van der Waals surface area contributed by atoms with Crippen LogP contribution in [0, 0.1) is 0 Å². The van der Waals surface area contributed by atoms with Gasteiger partial charge in [0.1, 0.15) is 5.75 Å². The van der Waals surface area contributed by atoms with Gasteiger partial charge in [0.05, 0.1) is 13.2 Å². The van der Waals surface area contributed by atoms with Crippen molar-refractivity contribution in [2.24, 2.45) is 0 Å². The molecule has 21 heavy (non-hydrogen) atoms. The summed E-state index contributed by atoms with van der Waals surface area (Å²) in [5.74, 6) is 0.697. The standard InChI is InChI=1S/C16H25ClN2O2/c1-3-18-8-10-19(11-9-18)7-6-15(20)14-12-13(17)4-5-16(14)21-2/h4-5,12,15,20H,3,6-11H2,1-2H3. The average Bonchev–Trinajstić information content (AvgIpc) is 2.53. The SMILES string of the molecule is CCN1CCN(CCC(O)c2cc(Cl)ccc2OC)CC1. The van der Waals surface area contributed by atoms with Crippen molar-refractivity contribution >= 4 is 11.6 Å². The minimum absolute atomic E-state index is 0.539. The van der Waals surface area contributed by atoms with E-state index in [0.717, 1.165) is 44.8 Å². The molecule has 0 amide bonds. The lowest BCUT2D eigenvalue weighted by molar-refractivity contribution is 0.104. The van der Waals surface area contributed by atoms with Crippen LogP contribution in [0.15, 0.2) is 18.2 Å². The van der Waals surface area contributed by atoms with E-state index in [9.17, 15) is 5.11 Å². The second-order valence-corrected chi connectivity index (χ2v) is 5.90. The molecule has 1 aliphatic heterocycles. The van der Waals surface area contributed by atoms with Crippen LogP contribution in [0.2, 0.25) is 5.02 Å². The number of methoxy groups -OCH3 is 1. The number of halogens is 1. The summed E-state index contributed by atoms with van der Waals surface area (Å²) in [6.07, 6.45) is 0.158. The first-order valence-corrected chi connectivity index (χ1v) is 7.98. The van der Waals surface area contributed by atoms with Crippen LogP contribution in [0.4, 0.5) is 0 Å². The molecular weight excluding hydrogens is 288 g/mol. The third-order valence-corrected chi connectivity index (χ3v) is 4.42. The Kier molecular flexibility index (Phi) is 6.30. The van der Waals surface area contributed by atoms with Crippen molar-refractivity contribution in [2.75, 3.05) is 46.4 Å². The number of likely N-dealkylation sites (N-methyl/N-ethyl adjacent to an activating group) is 1. The number of piperazine rings is 1. The number of nitrogens with zero attached hydrogens (tertiary/aromatic N) is 2. The molecule has 1 aliphatic rings. The number of aliphatic hydroxyl groups is 1. The van der Waals surface area contributed by atoms with E-state index in [4.69, 9.17) is 16.3 Å². The van der Waals surface area contributed by atoms with Gasteiger partial charge in [0.25, 0.3) is 0 Å². The lowest BCUT2D eigenvalue weighted by Gasteiger charge is -2.34. The predicted molar refractivity (Wildman–Crippen MR) is 86.1 cm³/mol. The molecule has 0 aliphatic carbocycles. The molecule has 0 bridgehead atoms. The Morgan fingerprint density at radius 3 is 2.52 bits per heavy atom. The predicted octanol–water partition coefficient (Wildman–Crippen LogP) is 2.41. The van der Waals surface area contributed by atoms with E-state index in [-0.39, 0.29) is 0 Å². The highest BCUT2D eigenvalue weighted by molar-refractivity contribution is 6.30. The number of aliphatic hydroxyl groups excluding tert-OH is 1. The lowest BCUT2D eigenvalue weighted by Crippen LogP contribution is -2.46. The maximum absolute atomic E-state index is 10.4. The van der Waals surface area contributed by atoms with E-state index in [1.54, 1.807) is 25.3 Å². The van der Waals surface area contributed by atoms with Crippen molar-refractivity contribution in [2.45, 2.75) is 19.4 Å². The van der Waals surface area contributed by atoms with Gasteiger partial charge in [-0.15, -0.1) is 0 Å². The molecule has 0 spiro atoms. The zero-order valence-electron chi connectivity index (χ0n) is 12.9. The van der Waals surface area contributed by atoms with Crippen molar-refractivity contribution in [3.63, 3.8) is 0 Å². The Bertz CT molecular complexity index is 448. The van der Waals surface area contributed by atoms with E-state index in [2.05, 4.69) is 16.7 Å². The number of benzene rings is 1. The Hall–Kier alpha value is -0.810. The molecule has 1 atom stereocenters. The van der Waals surface area contributed by atoms with Gasteiger partial charge in [-0.3, -0.25) is 0 Å². The maximum Gasteiger partial charge on any atom is 0.124 e. The summed E-state index contributed by atoms with van der Waals surface area (Å²) < 4.78 is 5.30. The Morgan fingerprint density at radius 1 is 1.24 bits per heavy atom. The van der Waals surface area contributed by atoms with E-state index in [0.29, 0.717) is 17.2 Å². The third kappa shape index (κ3) is 4.58. The molecule has 1 N–H and O–H groups in total. The molecule has 1 aromatic carbocycles. The summed E-state index contributed by atoms with van der Waals surface area (Å²) >= 11 is 6.02. The smallest absolute Gasteiger partial charge is 0.124 e. The van der Waals surface area contributed by atoms with Crippen LogP contribution in [0.5, 0.6) is 5.75 Å². The monoisotopic (exact) mass is 312 g/mol. The Morgan fingerprint density at radius 2 is 1.90 bits per heavy atom. The minimum Gasteiger partial charge on any atom is -0.496 e.